The van der Waals surface area contributed by atoms with Crippen LogP contribution in [0.4, 0.5) is 10.1 Å². The maximum Gasteiger partial charge on any atom is 0.244 e. The SMILES string of the molecule is CC[C@H](C)NC(=O)[C@H](Cc1ccccc1)N(Cc1cccc(Br)c1)C(=O)CN(c1ccc(F)cc1)S(C)(=O)=O. The van der Waals surface area contributed by atoms with Gasteiger partial charge < -0.3 is 10.2 Å². The molecule has 0 heterocycles. The van der Waals surface area contributed by atoms with Crippen LogP contribution in [-0.4, -0.2) is 50.0 Å². The van der Waals surface area contributed by atoms with E-state index in [9.17, 15) is 22.4 Å². The summed E-state index contributed by atoms with van der Waals surface area (Å²) in [7, 11) is -3.91. The molecule has 39 heavy (non-hydrogen) atoms. The van der Waals surface area contributed by atoms with Crippen molar-refractivity contribution in [3.63, 3.8) is 0 Å². The molecule has 3 aromatic carbocycles. The summed E-state index contributed by atoms with van der Waals surface area (Å²) in [5, 5.41) is 2.99. The van der Waals surface area contributed by atoms with Crippen LogP contribution in [-0.2, 0) is 32.6 Å². The Labute approximate surface area is 238 Å². The molecule has 10 heteroatoms. The van der Waals surface area contributed by atoms with Gasteiger partial charge in [0.25, 0.3) is 0 Å². The molecule has 0 aliphatic carbocycles. The standard InChI is InChI=1S/C29H33BrFN3O4S/c1-4-21(2)32-29(36)27(18-22-9-6-5-7-10-22)33(19-23-11-8-12-24(30)17-23)28(35)20-34(39(3,37)38)26-15-13-25(31)14-16-26/h5-17,21,27H,4,18-20H2,1-3H3,(H,32,36)/t21-,27-/m0/s1. The number of carbonyl (C=O) groups is 2. The van der Waals surface area contributed by atoms with Crippen LogP contribution in [0.2, 0.25) is 0 Å². The zero-order valence-electron chi connectivity index (χ0n) is 22.2. The van der Waals surface area contributed by atoms with Gasteiger partial charge in [0.2, 0.25) is 21.8 Å². The highest BCUT2D eigenvalue weighted by Gasteiger charge is 2.33. The Kier molecular flexibility index (Phi) is 10.7. The minimum absolute atomic E-state index is 0.0741. The minimum atomic E-state index is -3.91. The highest BCUT2D eigenvalue weighted by atomic mass is 79.9. The lowest BCUT2D eigenvalue weighted by molar-refractivity contribution is -0.140. The quantitative estimate of drug-likeness (QED) is 0.313. The lowest BCUT2D eigenvalue weighted by Crippen LogP contribution is -2.54. The van der Waals surface area contributed by atoms with Gasteiger partial charge in [0, 0.05) is 23.5 Å². The predicted molar refractivity (Wildman–Crippen MR) is 155 cm³/mol. The Morgan fingerprint density at radius 1 is 0.974 bits per heavy atom. The van der Waals surface area contributed by atoms with Crippen LogP contribution in [0.15, 0.2) is 83.3 Å². The van der Waals surface area contributed by atoms with Gasteiger partial charge in [-0.25, -0.2) is 12.8 Å². The molecule has 3 aromatic rings. The molecular weight excluding hydrogens is 585 g/mol. The molecule has 0 unspecified atom stereocenters. The van der Waals surface area contributed by atoms with Gasteiger partial charge in [-0.3, -0.25) is 13.9 Å². The van der Waals surface area contributed by atoms with E-state index in [1.165, 1.54) is 17.0 Å². The van der Waals surface area contributed by atoms with E-state index in [-0.39, 0.29) is 30.6 Å². The topological polar surface area (TPSA) is 86.8 Å². The summed E-state index contributed by atoms with van der Waals surface area (Å²) in [4.78, 5) is 29.0. The summed E-state index contributed by atoms with van der Waals surface area (Å²) in [5.41, 5.74) is 1.77. The van der Waals surface area contributed by atoms with Crippen molar-refractivity contribution in [1.29, 1.82) is 0 Å². The average Bonchev–Trinajstić information content (AvgIpc) is 2.89. The molecule has 0 saturated carbocycles. The first kappa shape index (κ1) is 30.3. The lowest BCUT2D eigenvalue weighted by Gasteiger charge is -2.34. The van der Waals surface area contributed by atoms with Gasteiger partial charge in [-0.2, -0.15) is 0 Å². The maximum absolute atomic E-state index is 14.0. The van der Waals surface area contributed by atoms with Crippen molar-refractivity contribution in [2.75, 3.05) is 17.1 Å². The summed E-state index contributed by atoms with van der Waals surface area (Å²) in [6, 6.07) is 20.6. The Morgan fingerprint density at radius 3 is 2.21 bits per heavy atom. The number of hydrogen-bond donors (Lipinski definition) is 1. The first-order valence-electron chi connectivity index (χ1n) is 12.6. The number of hydrogen-bond acceptors (Lipinski definition) is 4. The molecule has 2 atom stereocenters. The third kappa shape index (κ3) is 8.90. The van der Waals surface area contributed by atoms with Crippen LogP contribution < -0.4 is 9.62 Å². The van der Waals surface area contributed by atoms with E-state index in [2.05, 4.69) is 21.2 Å². The van der Waals surface area contributed by atoms with Crippen molar-refractivity contribution < 1.29 is 22.4 Å². The van der Waals surface area contributed by atoms with E-state index in [4.69, 9.17) is 0 Å². The van der Waals surface area contributed by atoms with Gasteiger partial charge >= 0.3 is 0 Å². The fraction of sp³-hybridized carbons (Fsp3) is 0.310. The van der Waals surface area contributed by atoms with Crippen molar-refractivity contribution in [3.8, 4) is 0 Å². The molecule has 0 aliphatic heterocycles. The van der Waals surface area contributed by atoms with Crippen molar-refractivity contribution in [2.45, 2.75) is 45.3 Å². The predicted octanol–water partition coefficient (Wildman–Crippen LogP) is 4.91. The first-order valence-corrected chi connectivity index (χ1v) is 15.2. The van der Waals surface area contributed by atoms with Crippen LogP contribution in [0.5, 0.6) is 0 Å². The molecule has 0 bridgehead atoms. The third-order valence-corrected chi connectivity index (χ3v) is 7.94. The van der Waals surface area contributed by atoms with Crippen LogP contribution in [0.1, 0.15) is 31.4 Å². The number of nitrogens with one attached hydrogen (secondary N) is 1. The van der Waals surface area contributed by atoms with Crippen LogP contribution in [0, 0.1) is 5.82 Å². The molecule has 2 amide bonds. The van der Waals surface area contributed by atoms with Crippen molar-refractivity contribution in [1.82, 2.24) is 10.2 Å². The number of sulfonamides is 1. The van der Waals surface area contributed by atoms with E-state index in [0.29, 0.717) is 6.42 Å². The van der Waals surface area contributed by atoms with Crippen molar-refractivity contribution in [3.05, 3.63) is 100 Å². The molecule has 0 saturated heterocycles. The zero-order valence-corrected chi connectivity index (χ0v) is 24.6. The van der Waals surface area contributed by atoms with Crippen molar-refractivity contribution in [2.24, 2.45) is 0 Å². The summed E-state index contributed by atoms with van der Waals surface area (Å²) in [6.45, 7) is 3.36. The zero-order chi connectivity index (χ0) is 28.6. The molecule has 3 rings (SSSR count). The number of anilines is 1. The Bertz CT molecular complexity index is 1370. The highest BCUT2D eigenvalue weighted by molar-refractivity contribution is 9.10. The molecule has 208 valence electrons. The van der Waals surface area contributed by atoms with Gasteiger partial charge in [-0.1, -0.05) is 65.3 Å². The number of nitrogens with zero attached hydrogens (tertiary/aromatic N) is 2. The molecule has 1 N–H and O–H groups in total. The summed E-state index contributed by atoms with van der Waals surface area (Å²) in [6.07, 6.45) is 1.92. The molecule has 0 radical (unpaired) electrons. The Balaban J connectivity index is 2.05. The number of carbonyl (C=O) groups excluding carboxylic acids is 2. The fourth-order valence-corrected chi connectivity index (χ4v) is 5.34. The van der Waals surface area contributed by atoms with Crippen molar-refractivity contribution >= 4 is 43.5 Å². The van der Waals surface area contributed by atoms with E-state index in [1.807, 2.05) is 68.4 Å². The average molecular weight is 619 g/mol. The van der Waals surface area contributed by atoms with Crippen LogP contribution >= 0.6 is 15.9 Å². The number of halogens is 2. The fourth-order valence-electron chi connectivity index (χ4n) is 4.05. The van der Waals surface area contributed by atoms with Gasteiger partial charge in [0.05, 0.1) is 11.9 Å². The second-order valence-corrected chi connectivity index (χ2v) is 12.2. The van der Waals surface area contributed by atoms with Crippen LogP contribution in [0.25, 0.3) is 0 Å². The lowest BCUT2D eigenvalue weighted by atomic mass is 10.0. The largest absolute Gasteiger partial charge is 0.352 e. The van der Waals surface area contributed by atoms with Gasteiger partial charge in [-0.15, -0.1) is 0 Å². The van der Waals surface area contributed by atoms with Gasteiger partial charge in [0.1, 0.15) is 18.4 Å². The maximum atomic E-state index is 14.0. The Hall–Kier alpha value is -3.24. The molecular formula is C29H33BrFN3O4S. The summed E-state index contributed by atoms with van der Waals surface area (Å²) < 4.78 is 40.8. The minimum Gasteiger partial charge on any atom is -0.352 e. The van der Waals surface area contributed by atoms with E-state index < -0.39 is 34.3 Å². The van der Waals surface area contributed by atoms with E-state index >= 15 is 0 Å². The van der Waals surface area contributed by atoms with E-state index in [0.717, 1.165) is 38.3 Å². The molecule has 0 spiro atoms. The monoisotopic (exact) mass is 617 g/mol. The number of benzene rings is 3. The third-order valence-electron chi connectivity index (χ3n) is 6.31. The summed E-state index contributed by atoms with van der Waals surface area (Å²) >= 11 is 3.45. The number of rotatable bonds is 12. The Morgan fingerprint density at radius 2 is 1.62 bits per heavy atom. The molecule has 0 aromatic heterocycles. The van der Waals surface area contributed by atoms with E-state index in [1.54, 1.807) is 0 Å². The van der Waals surface area contributed by atoms with Gasteiger partial charge in [-0.05, 0) is 60.9 Å². The normalized spacial score (nSPS) is 12.8. The highest BCUT2D eigenvalue weighted by Crippen LogP contribution is 2.22. The van der Waals surface area contributed by atoms with Crippen LogP contribution in [0.3, 0.4) is 0 Å². The molecule has 0 fully saturated rings. The van der Waals surface area contributed by atoms with Gasteiger partial charge in [0.15, 0.2) is 0 Å². The summed E-state index contributed by atoms with van der Waals surface area (Å²) in [5.74, 6) is -1.42. The number of amides is 2. The smallest absolute Gasteiger partial charge is 0.244 e. The second-order valence-electron chi connectivity index (χ2n) is 9.42. The molecule has 0 aliphatic rings. The second kappa shape index (κ2) is 13.7. The first-order chi connectivity index (χ1) is 18.5. The molecule has 7 nitrogen and oxygen atoms in total.